The van der Waals surface area contributed by atoms with E-state index in [-0.39, 0.29) is 0 Å². The monoisotopic (exact) mass is 309 g/mol. The van der Waals surface area contributed by atoms with Crippen LogP contribution in [0.1, 0.15) is 36.1 Å². The highest BCUT2D eigenvalue weighted by molar-refractivity contribution is 5.87. The normalized spacial score (nSPS) is 16.4. The first-order chi connectivity index (χ1) is 11.1. The van der Waals surface area contributed by atoms with Gasteiger partial charge in [-0.05, 0) is 51.8 Å². The first kappa shape index (κ1) is 14.3. The quantitative estimate of drug-likeness (QED) is 0.788. The van der Waals surface area contributed by atoms with Crippen LogP contribution in [0.5, 0.6) is 0 Å². The molecule has 0 bridgehead atoms. The number of hydrogen-bond donors (Lipinski definition) is 1. The van der Waals surface area contributed by atoms with Crippen LogP contribution in [0.4, 0.5) is 5.82 Å². The molecule has 4 rings (SSSR count). The molecule has 0 radical (unpaired) electrons. The Morgan fingerprint density at radius 3 is 2.39 bits per heavy atom. The summed E-state index contributed by atoms with van der Waals surface area (Å²) in [5, 5.41) is 1.13. The second kappa shape index (κ2) is 5.41. The van der Waals surface area contributed by atoms with Gasteiger partial charge in [-0.25, -0.2) is 9.97 Å². The third kappa shape index (κ3) is 2.40. The number of aromatic amines is 1. The fraction of sp³-hybridized carbons (Fsp3) is 0.444. The van der Waals surface area contributed by atoms with E-state index in [9.17, 15) is 0 Å². The lowest BCUT2D eigenvalue weighted by molar-refractivity contribution is 0.386. The van der Waals surface area contributed by atoms with Gasteiger partial charge in [0.05, 0.1) is 5.39 Å². The highest BCUT2D eigenvalue weighted by Gasteiger charge is 2.24. The maximum absolute atomic E-state index is 4.71. The van der Waals surface area contributed by atoms with Crippen molar-refractivity contribution in [1.82, 2.24) is 19.5 Å². The van der Waals surface area contributed by atoms with Gasteiger partial charge in [-0.2, -0.15) is 0 Å². The standard InChI is InChI=1S/C18H23N5/c1-12-4-5-13(2)23(12)15-7-10-22(11-8-15)18-16-6-9-19-17(16)20-14(3)21-18/h4-6,9,15H,7-8,10-11H2,1-3H3,(H,19,20,21). The molecule has 5 nitrogen and oxygen atoms in total. The Hall–Kier alpha value is -2.30. The average Bonchev–Trinajstić information content (AvgIpc) is 3.13. The van der Waals surface area contributed by atoms with E-state index in [0.717, 1.165) is 48.6 Å². The molecule has 1 aliphatic heterocycles. The van der Waals surface area contributed by atoms with Crippen molar-refractivity contribution in [3.63, 3.8) is 0 Å². The zero-order valence-electron chi connectivity index (χ0n) is 14.0. The molecule has 1 N–H and O–H groups in total. The molecule has 1 fully saturated rings. The van der Waals surface area contributed by atoms with E-state index >= 15 is 0 Å². The maximum atomic E-state index is 4.71. The molecule has 5 heteroatoms. The van der Waals surface area contributed by atoms with Gasteiger partial charge in [0.25, 0.3) is 0 Å². The first-order valence-corrected chi connectivity index (χ1v) is 8.34. The lowest BCUT2D eigenvalue weighted by Gasteiger charge is -2.35. The highest BCUT2D eigenvalue weighted by atomic mass is 15.2. The van der Waals surface area contributed by atoms with Crippen molar-refractivity contribution in [1.29, 1.82) is 0 Å². The van der Waals surface area contributed by atoms with Crippen molar-refractivity contribution in [3.05, 3.63) is 41.6 Å². The second-order valence-corrected chi connectivity index (χ2v) is 6.54. The van der Waals surface area contributed by atoms with E-state index in [1.165, 1.54) is 11.4 Å². The Morgan fingerprint density at radius 2 is 1.70 bits per heavy atom. The summed E-state index contributed by atoms with van der Waals surface area (Å²) in [6.45, 7) is 8.45. The SMILES string of the molecule is Cc1nc(N2CCC(n3c(C)ccc3C)CC2)c2cc[nH]c2n1. The number of H-pyrrole nitrogens is 1. The van der Waals surface area contributed by atoms with Crippen LogP contribution < -0.4 is 4.90 Å². The van der Waals surface area contributed by atoms with Crippen molar-refractivity contribution in [2.75, 3.05) is 18.0 Å². The van der Waals surface area contributed by atoms with Crippen molar-refractivity contribution >= 4 is 16.9 Å². The lowest BCUT2D eigenvalue weighted by atomic mass is 10.0. The summed E-state index contributed by atoms with van der Waals surface area (Å²) in [4.78, 5) is 14.8. The molecule has 0 saturated carbocycles. The summed E-state index contributed by atoms with van der Waals surface area (Å²) in [5.74, 6) is 1.90. The van der Waals surface area contributed by atoms with Crippen LogP contribution in [0, 0.1) is 20.8 Å². The molecule has 0 spiro atoms. The fourth-order valence-corrected chi connectivity index (χ4v) is 3.87. The van der Waals surface area contributed by atoms with Crippen molar-refractivity contribution in [3.8, 4) is 0 Å². The van der Waals surface area contributed by atoms with Gasteiger partial charge >= 0.3 is 0 Å². The minimum Gasteiger partial charge on any atom is -0.356 e. The molecule has 23 heavy (non-hydrogen) atoms. The molecule has 120 valence electrons. The lowest BCUT2D eigenvalue weighted by Crippen LogP contribution is -2.35. The van der Waals surface area contributed by atoms with E-state index in [1.807, 2.05) is 13.1 Å². The Kier molecular flexibility index (Phi) is 3.36. The predicted molar refractivity (Wildman–Crippen MR) is 93.0 cm³/mol. The molecule has 1 aliphatic rings. The predicted octanol–water partition coefficient (Wildman–Crippen LogP) is 3.53. The van der Waals surface area contributed by atoms with Gasteiger partial charge in [-0.3, -0.25) is 0 Å². The summed E-state index contributed by atoms with van der Waals surface area (Å²) >= 11 is 0. The van der Waals surface area contributed by atoms with Crippen LogP contribution in [0.25, 0.3) is 11.0 Å². The number of nitrogens with one attached hydrogen (secondary N) is 1. The summed E-state index contributed by atoms with van der Waals surface area (Å²) in [6, 6.07) is 7.12. The van der Waals surface area contributed by atoms with Gasteiger partial charge in [0.2, 0.25) is 0 Å². The first-order valence-electron chi connectivity index (χ1n) is 8.34. The van der Waals surface area contributed by atoms with Gasteiger partial charge in [0, 0.05) is 36.7 Å². The summed E-state index contributed by atoms with van der Waals surface area (Å²) < 4.78 is 2.49. The number of rotatable bonds is 2. The van der Waals surface area contributed by atoms with Gasteiger partial charge in [0.15, 0.2) is 0 Å². The number of anilines is 1. The number of piperidine rings is 1. The topological polar surface area (TPSA) is 49.7 Å². The molecule has 3 aromatic rings. The van der Waals surface area contributed by atoms with Crippen LogP contribution >= 0.6 is 0 Å². The molecular weight excluding hydrogens is 286 g/mol. The fourth-order valence-electron chi connectivity index (χ4n) is 3.87. The van der Waals surface area contributed by atoms with E-state index in [4.69, 9.17) is 4.98 Å². The molecule has 0 atom stereocenters. The molecule has 0 aliphatic carbocycles. The number of aromatic nitrogens is 4. The Labute approximate surface area is 136 Å². The molecule has 4 heterocycles. The van der Waals surface area contributed by atoms with Crippen LogP contribution in [0.2, 0.25) is 0 Å². The molecule has 3 aromatic heterocycles. The van der Waals surface area contributed by atoms with Crippen LogP contribution in [0.15, 0.2) is 24.4 Å². The molecule has 0 amide bonds. The summed E-state index contributed by atoms with van der Waals surface area (Å²) in [5.41, 5.74) is 3.67. The maximum Gasteiger partial charge on any atom is 0.143 e. The second-order valence-electron chi connectivity index (χ2n) is 6.54. The van der Waals surface area contributed by atoms with Gasteiger partial charge < -0.3 is 14.5 Å². The number of aryl methyl sites for hydroxylation is 3. The van der Waals surface area contributed by atoms with Gasteiger partial charge in [-0.1, -0.05) is 0 Å². The van der Waals surface area contributed by atoms with Crippen LogP contribution in [-0.4, -0.2) is 32.6 Å². The zero-order valence-corrected chi connectivity index (χ0v) is 14.0. The minimum atomic E-state index is 0.603. The van der Waals surface area contributed by atoms with Crippen molar-refractivity contribution in [2.24, 2.45) is 0 Å². The third-order valence-electron chi connectivity index (χ3n) is 4.96. The molecule has 0 unspecified atom stereocenters. The zero-order chi connectivity index (χ0) is 16.0. The van der Waals surface area contributed by atoms with E-state index in [0.29, 0.717) is 6.04 Å². The number of fused-ring (bicyclic) bond motifs is 1. The number of nitrogens with zero attached hydrogens (tertiary/aromatic N) is 4. The van der Waals surface area contributed by atoms with Crippen molar-refractivity contribution < 1.29 is 0 Å². The molecule has 0 aromatic carbocycles. The summed E-state index contributed by atoms with van der Waals surface area (Å²) in [6.07, 6.45) is 4.26. The van der Waals surface area contributed by atoms with Gasteiger partial charge in [-0.15, -0.1) is 0 Å². The Morgan fingerprint density at radius 1 is 1.00 bits per heavy atom. The highest BCUT2D eigenvalue weighted by Crippen LogP contribution is 2.31. The third-order valence-corrected chi connectivity index (χ3v) is 4.96. The Bertz CT molecular complexity index is 817. The van der Waals surface area contributed by atoms with Crippen LogP contribution in [0.3, 0.4) is 0 Å². The van der Waals surface area contributed by atoms with Crippen LogP contribution in [-0.2, 0) is 0 Å². The van der Waals surface area contributed by atoms with Crippen molar-refractivity contribution in [2.45, 2.75) is 39.7 Å². The number of hydrogen-bond acceptors (Lipinski definition) is 3. The minimum absolute atomic E-state index is 0.603. The van der Waals surface area contributed by atoms with E-state index in [1.54, 1.807) is 0 Å². The molecular formula is C18H23N5. The van der Waals surface area contributed by atoms with E-state index in [2.05, 4.69) is 51.5 Å². The largest absolute Gasteiger partial charge is 0.356 e. The van der Waals surface area contributed by atoms with Gasteiger partial charge in [0.1, 0.15) is 17.3 Å². The Balaban J connectivity index is 1.58. The average molecular weight is 309 g/mol. The van der Waals surface area contributed by atoms with E-state index < -0.39 is 0 Å². The smallest absolute Gasteiger partial charge is 0.143 e. The molecule has 1 saturated heterocycles. The summed E-state index contributed by atoms with van der Waals surface area (Å²) in [7, 11) is 0.